The molecule has 1 aromatic carbocycles. The van der Waals surface area contributed by atoms with Gasteiger partial charge in [0.2, 0.25) is 0 Å². The molecule has 0 bridgehead atoms. The topological polar surface area (TPSA) is 139 Å². The van der Waals surface area contributed by atoms with Crippen LogP contribution in [0.2, 0.25) is 0 Å². The maximum absolute atomic E-state index is 12.3. The molecule has 33 heavy (non-hydrogen) atoms. The van der Waals surface area contributed by atoms with E-state index in [2.05, 4.69) is 14.8 Å². The van der Waals surface area contributed by atoms with Gasteiger partial charge in [-0.15, -0.1) is 0 Å². The van der Waals surface area contributed by atoms with Crippen molar-refractivity contribution in [3.63, 3.8) is 0 Å². The van der Waals surface area contributed by atoms with E-state index in [1.165, 1.54) is 6.92 Å². The molecule has 0 fully saturated rings. The molecule has 1 aliphatic heterocycles. The average molecular weight is 471 g/mol. The van der Waals surface area contributed by atoms with Crippen molar-refractivity contribution >= 4 is 28.8 Å². The normalized spacial score (nSPS) is 18.0. The van der Waals surface area contributed by atoms with Crippen LogP contribution in [0.1, 0.15) is 44.9 Å². The fourth-order valence-electron chi connectivity index (χ4n) is 3.51. The summed E-state index contributed by atoms with van der Waals surface area (Å²) in [6.45, 7) is 4.62. The van der Waals surface area contributed by atoms with Crippen molar-refractivity contribution in [1.29, 1.82) is 5.31 Å². The first kappa shape index (κ1) is 24.7. The average Bonchev–Trinajstić information content (AvgIpc) is 3.21. The fraction of sp³-hybridized carbons (Fsp3) is 0.409. The molecule has 0 radical (unpaired) electrons. The van der Waals surface area contributed by atoms with Crippen molar-refractivity contribution in [3.8, 4) is 11.1 Å². The monoisotopic (exact) mass is 471 g/mol. The number of hydrogen-bond donors (Lipinski definition) is 2. The second-order valence-electron chi connectivity index (χ2n) is 8.77. The number of hydrogen-bond acceptors (Lipinski definition) is 9. The molecule has 2 atom stereocenters. The van der Waals surface area contributed by atoms with E-state index >= 15 is 0 Å². The van der Waals surface area contributed by atoms with Crippen LogP contribution in [0.5, 0.6) is 0 Å². The number of carbonyl (C=O) groups excluding carboxylic acids is 1. The number of sulfone groups is 1. The Morgan fingerprint density at radius 2 is 1.85 bits per heavy atom. The molecule has 0 aliphatic carbocycles. The van der Waals surface area contributed by atoms with Crippen LogP contribution in [-0.2, 0) is 29.7 Å². The van der Waals surface area contributed by atoms with Crippen molar-refractivity contribution in [2.24, 2.45) is 5.16 Å². The molecule has 2 N–H and O–H groups in total. The Hall–Kier alpha value is -2.92. The zero-order valence-corrected chi connectivity index (χ0v) is 19.7. The minimum atomic E-state index is -3.84. The standard InChI is InChI=1S/C22H26BN3O6S/c1-21(2,28)19-11-16(9-10-25-19)14-5-7-15(8-6-14)18-12-17(32-26-18)13-22(3,33(4,29)30)20(27)31-23-24/h5-11,17,24,28H,12-13H2,1-4H3/t17-,22-/m1/s1. The van der Waals surface area contributed by atoms with Crippen molar-refractivity contribution < 1.29 is 27.8 Å². The van der Waals surface area contributed by atoms with Crippen LogP contribution in [0.15, 0.2) is 47.8 Å². The van der Waals surface area contributed by atoms with E-state index in [0.29, 0.717) is 25.1 Å². The Morgan fingerprint density at radius 1 is 1.21 bits per heavy atom. The van der Waals surface area contributed by atoms with Crippen LogP contribution in [-0.4, -0.2) is 54.6 Å². The summed E-state index contributed by atoms with van der Waals surface area (Å²) >= 11 is 0. The summed E-state index contributed by atoms with van der Waals surface area (Å²) < 4.78 is 27.2. The smallest absolute Gasteiger partial charge is 0.0278 e. The third kappa shape index (κ3) is 5.36. The number of carbonyl (C=O) groups is 1. The summed E-state index contributed by atoms with van der Waals surface area (Å²) in [5.74, 6) is -1.02. The Labute approximate surface area is 193 Å². The van der Waals surface area contributed by atoms with Gasteiger partial charge in [-0.3, -0.25) is 4.98 Å². The number of rotatable bonds is 8. The predicted molar refractivity (Wildman–Crippen MR) is 123 cm³/mol. The Morgan fingerprint density at radius 3 is 2.42 bits per heavy atom. The van der Waals surface area contributed by atoms with Crippen LogP contribution in [0, 0.1) is 5.31 Å². The maximum Gasteiger partial charge on any atom is 0.0278 e. The first-order chi connectivity index (χ1) is 15.3. The van der Waals surface area contributed by atoms with Crippen molar-refractivity contribution in [2.45, 2.75) is 50.1 Å². The molecule has 0 amide bonds. The molecule has 0 saturated heterocycles. The van der Waals surface area contributed by atoms with Gasteiger partial charge >= 0.3 is 140 Å². The van der Waals surface area contributed by atoms with Crippen molar-refractivity contribution in [2.75, 3.05) is 6.26 Å². The Kier molecular flexibility index (Phi) is 6.85. The SMILES string of the molecule is CC(C)(O)c1cc(-c2ccc(C3=NO[C@@H](C[C@](C)(C(=O)OB=N)S(C)(=O)=O)C3)cc2)ccn1. The first-order valence-electron chi connectivity index (χ1n) is 10.3. The van der Waals surface area contributed by atoms with Gasteiger partial charge in [0.15, 0.2) is 0 Å². The number of nitrogens with zero attached hydrogens (tertiary/aromatic N) is 2. The molecule has 9 nitrogen and oxygen atoms in total. The van der Waals surface area contributed by atoms with Gasteiger partial charge in [-0.05, 0) is 26.0 Å². The molecule has 174 valence electrons. The second-order valence-corrected chi connectivity index (χ2v) is 11.2. The zero-order chi connectivity index (χ0) is 24.4. The summed E-state index contributed by atoms with van der Waals surface area (Å²) in [6.07, 6.45) is 2.14. The van der Waals surface area contributed by atoms with Crippen LogP contribution >= 0.6 is 0 Å². The van der Waals surface area contributed by atoms with Crippen LogP contribution in [0.25, 0.3) is 11.1 Å². The van der Waals surface area contributed by atoms with Crippen LogP contribution < -0.4 is 0 Å². The van der Waals surface area contributed by atoms with Gasteiger partial charge in [0.05, 0.1) is 5.69 Å². The van der Waals surface area contributed by atoms with Gasteiger partial charge in [-0.1, -0.05) is 0 Å². The molecule has 2 aromatic rings. The third-order valence-electron chi connectivity index (χ3n) is 5.70. The minimum absolute atomic E-state index is 0.152. The molecule has 11 heteroatoms. The second kappa shape index (κ2) is 9.15. The summed E-state index contributed by atoms with van der Waals surface area (Å²) in [6, 6.07) is 11.3. The van der Waals surface area contributed by atoms with Crippen LogP contribution in [0.4, 0.5) is 0 Å². The molecule has 1 aliphatic rings. The third-order valence-corrected chi connectivity index (χ3v) is 7.67. The summed E-state index contributed by atoms with van der Waals surface area (Å²) in [7, 11) is -3.42. The van der Waals surface area contributed by atoms with Crippen molar-refractivity contribution in [1.82, 2.24) is 4.98 Å². The molecule has 1 aromatic heterocycles. The molecular formula is C22H26BN3O6S. The summed E-state index contributed by atoms with van der Waals surface area (Å²) in [4.78, 5) is 21.9. The summed E-state index contributed by atoms with van der Waals surface area (Å²) in [5.41, 5.74) is 2.80. The minimum Gasteiger partial charge on any atom is -0.258 e. The van der Waals surface area contributed by atoms with Crippen molar-refractivity contribution in [3.05, 3.63) is 53.9 Å². The molecule has 0 saturated carbocycles. The fourth-order valence-corrected chi connectivity index (χ4v) is 4.35. The number of pyridine rings is 1. The molecule has 0 spiro atoms. The van der Waals surface area contributed by atoms with Gasteiger partial charge in [0.1, 0.15) is 5.60 Å². The number of aromatic nitrogens is 1. The van der Waals surface area contributed by atoms with Gasteiger partial charge in [0, 0.05) is 6.20 Å². The van der Waals surface area contributed by atoms with E-state index in [1.807, 2.05) is 36.4 Å². The van der Waals surface area contributed by atoms with Gasteiger partial charge in [-0.25, -0.2) is 0 Å². The molecular weight excluding hydrogens is 445 g/mol. The Balaban J connectivity index is 1.74. The molecule has 2 heterocycles. The van der Waals surface area contributed by atoms with E-state index in [-0.39, 0.29) is 6.42 Å². The van der Waals surface area contributed by atoms with Gasteiger partial charge in [-0.2, -0.15) is 0 Å². The Bertz CT molecular complexity index is 1190. The van der Waals surface area contributed by atoms with E-state index in [9.17, 15) is 18.3 Å². The predicted octanol–water partition coefficient (Wildman–Crippen LogP) is 2.59. The number of nitrogens with one attached hydrogen (secondary N) is 1. The van der Waals surface area contributed by atoms with E-state index in [1.54, 1.807) is 20.0 Å². The van der Waals surface area contributed by atoms with Gasteiger partial charge in [0.25, 0.3) is 0 Å². The zero-order valence-electron chi connectivity index (χ0n) is 18.9. The first-order valence-corrected chi connectivity index (χ1v) is 12.2. The van der Waals surface area contributed by atoms with Crippen LogP contribution in [0.3, 0.4) is 0 Å². The maximum atomic E-state index is 12.3. The number of oxime groups is 1. The molecule has 3 rings (SSSR count). The summed E-state index contributed by atoms with van der Waals surface area (Å²) in [5, 5.41) is 21.2. The van der Waals surface area contributed by atoms with E-state index in [0.717, 1.165) is 22.9 Å². The number of aliphatic hydroxyl groups is 1. The van der Waals surface area contributed by atoms with E-state index in [4.69, 9.17) is 10.1 Å². The largest absolute Gasteiger partial charge is 0.258 e. The molecule has 0 unspecified atom stereocenters. The number of benzene rings is 1. The van der Waals surface area contributed by atoms with E-state index < -0.39 is 32.3 Å². The quantitative estimate of drug-likeness (QED) is 0.564. The van der Waals surface area contributed by atoms with Gasteiger partial charge < -0.3 is 5.11 Å².